The second kappa shape index (κ2) is 15.4. The lowest BCUT2D eigenvalue weighted by Crippen LogP contribution is -1.94. The Kier molecular flexibility index (Phi) is 11.9. The highest BCUT2D eigenvalue weighted by Crippen LogP contribution is 2.26. The molecule has 188 valence electrons. The topological polar surface area (TPSA) is 25.8 Å². The Morgan fingerprint density at radius 3 is 1.71 bits per heavy atom. The van der Waals surface area contributed by atoms with E-state index in [9.17, 15) is 4.39 Å². The van der Waals surface area contributed by atoms with Crippen LogP contribution in [-0.4, -0.2) is 9.97 Å². The minimum atomic E-state index is -0.149. The average Bonchev–Trinajstić information content (AvgIpc) is 2.89. The number of aromatic nitrogens is 2. The van der Waals surface area contributed by atoms with Gasteiger partial charge in [0, 0.05) is 23.5 Å². The third-order valence-corrected chi connectivity index (χ3v) is 6.83. The van der Waals surface area contributed by atoms with Gasteiger partial charge < -0.3 is 0 Å². The normalized spacial score (nSPS) is 11.2. The number of halogens is 1. The van der Waals surface area contributed by atoms with Gasteiger partial charge in [-0.05, 0) is 48.4 Å². The molecule has 0 bridgehead atoms. The summed E-state index contributed by atoms with van der Waals surface area (Å²) in [6, 6.07) is 13.5. The zero-order valence-electron chi connectivity index (χ0n) is 21.9. The molecule has 1 aromatic heterocycles. The van der Waals surface area contributed by atoms with E-state index >= 15 is 0 Å². The molecular weight excluding hydrogens is 431 g/mol. The van der Waals surface area contributed by atoms with E-state index in [4.69, 9.17) is 0 Å². The molecule has 35 heavy (non-hydrogen) atoms. The largest absolute Gasteiger partial charge is 0.236 e. The number of aryl methyl sites for hydroxylation is 2. The summed E-state index contributed by atoms with van der Waals surface area (Å²) in [5.74, 6) is 0.572. The molecule has 0 atom stereocenters. The van der Waals surface area contributed by atoms with Crippen molar-refractivity contribution >= 4 is 0 Å². The fourth-order valence-corrected chi connectivity index (χ4v) is 4.60. The van der Waals surface area contributed by atoms with E-state index in [-0.39, 0.29) is 5.82 Å². The highest BCUT2D eigenvalue weighted by molar-refractivity contribution is 5.68. The molecule has 0 aliphatic carbocycles. The van der Waals surface area contributed by atoms with E-state index in [0.717, 1.165) is 41.8 Å². The van der Waals surface area contributed by atoms with Crippen LogP contribution in [-0.2, 0) is 12.8 Å². The molecule has 3 heteroatoms. The summed E-state index contributed by atoms with van der Waals surface area (Å²) in [5.41, 5.74) is 4.77. The molecule has 0 spiro atoms. The maximum atomic E-state index is 14.7. The van der Waals surface area contributed by atoms with Gasteiger partial charge in [-0.2, -0.15) is 0 Å². The molecule has 0 radical (unpaired) electrons. The van der Waals surface area contributed by atoms with Crippen molar-refractivity contribution in [3.8, 4) is 22.5 Å². The molecule has 1 heterocycles. The summed E-state index contributed by atoms with van der Waals surface area (Å²) in [4.78, 5) is 9.18. The molecule has 0 saturated carbocycles. The molecule has 0 aliphatic rings. The monoisotopic (exact) mass is 474 g/mol. The Morgan fingerprint density at radius 2 is 1.09 bits per heavy atom. The van der Waals surface area contributed by atoms with Crippen molar-refractivity contribution in [3.63, 3.8) is 0 Å². The van der Waals surface area contributed by atoms with Crippen LogP contribution in [0.1, 0.15) is 102 Å². The second-order valence-electron chi connectivity index (χ2n) is 9.84. The van der Waals surface area contributed by atoms with Crippen LogP contribution in [0, 0.1) is 5.82 Å². The van der Waals surface area contributed by atoms with Gasteiger partial charge in [0.05, 0.1) is 0 Å². The maximum Gasteiger partial charge on any atom is 0.159 e. The summed E-state index contributed by atoms with van der Waals surface area (Å²) in [6.45, 7) is 4.45. The quantitative estimate of drug-likeness (QED) is 0.193. The molecular formula is C32H43FN2. The highest BCUT2D eigenvalue weighted by atomic mass is 19.1. The SMILES string of the molecule is CCCCCCCCCCCc1cnc(-c2ccc(-c3ccc(CCCCC)cc3F)cc2)nc1. The van der Waals surface area contributed by atoms with Gasteiger partial charge in [-0.1, -0.05) is 114 Å². The van der Waals surface area contributed by atoms with Crippen LogP contribution in [0.2, 0.25) is 0 Å². The first-order chi connectivity index (χ1) is 17.2. The summed E-state index contributed by atoms with van der Waals surface area (Å²) in [5, 5.41) is 0. The molecule has 0 saturated heterocycles. The van der Waals surface area contributed by atoms with Gasteiger partial charge in [-0.3, -0.25) is 0 Å². The summed E-state index contributed by atoms with van der Waals surface area (Å²) >= 11 is 0. The predicted octanol–water partition coefficient (Wildman–Crippen LogP) is 9.76. The van der Waals surface area contributed by atoms with Gasteiger partial charge in [0.1, 0.15) is 5.82 Å². The standard InChI is InChI=1S/C32H43FN2/c1-3-5-7-8-9-10-11-12-14-16-27-24-34-32(35-25-27)29-20-18-28(19-21-29)30-22-17-26(23-31(30)33)15-13-6-4-2/h17-25H,3-16H2,1-2H3. The van der Waals surface area contributed by atoms with E-state index in [2.05, 4.69) is 29.9 Å². The Balaban J connectivity index is 1.46. The van der Waals surface area contributed by atoms with Crippen LogP contribution in [0.15, 0.2) is 54.9 Å². The fraction of sp³-hybridized carbons (Fsp3) is 0.500. The zero-order chi connectivity index (χ0) is 24.7. The lowest BCUT2D eigenvalue weighted by Gasteiger charge is -2.08. The van der Waals surface area contributed by atoms with E-state index < -0.39 is 0 Å². The molecule has 0 fully saturated rings. The molecule has 0 unspecified atom stereocenters. The second-order valence-corrected chi connectivity index (χ2v) is 9.84. The van der Waals surface area contributed by atoms with Crippen LogP contribution in [0.4, 0.5) is 4.39 Å². The average molecular weight is 475 g/mol. The molecule has 3 aromatic rings. The van der Waals surface area contributed by atoms with Gasteiger partial charge in [-0.25, -0.2) is 14.4 Å². The van der Waals surface area contributed by atoms with Gasteiger partial charge >= 0.3 is 0 Å². The van der Waals surface area contributed by atoms with Crippen molar-refractivity contribution in [1.29, 1.82) is 0 Å². The fourth-order valence-electron chi connectivity index (χ4n) is 4.60. The van der Waals surface area contributed by atoms with E-state index in [1.165, 1.54) is 76.2 Å². The van der Waals surface area contributed by atoms with E-state index in [0.29, 0.717) is 5.56 Å². The van der Waals surface area contributed by atoms with Crippen molar-refractivity contribution in [2.45, 2.75) is 104 Å². The van der Waals surface area contributed by atoms with Crippen LogP contribution < -0.4 is 0 Å². The minimum Gasteiger partial charge on any atom is -0.236 e. The number of benzene rings is 2. The molecule has 3 rings (SSSR count). The first-order valence-electron chi connectivity index (χ1n) is 13.9. The van der Waals surface area contributed by atoms with Gasteiger partial charge in [-0.15, -0.1) is 0 Å². The highest BCUT2D eigenvalue weighted by Gasteiger charge is 2.08. The smallest absolute Gasteiger partial charge is 0.159 e. The van der Waals surface area contributed by atoms with Crippen molar-refractivity contribution in [2.75, 3.05) is 0 Å². The minimum absolute atomic E-state index is 0.149. The third kappa shape index (κ3) is 9.20. The van der Waals surface area contributed by atoms with E-state index in [1.807, 2.05) is 42.7 Å². The van der Waals surface area contributed by atoms with Gasteiger partial charge in [0.15, 0.2) is 5.82 Å². The number of rotatable bonds is 16. The van der Waals surface area contributed by atoms with Crippen molar-refractivity contribution in [2.24, 2.45) is 0 Å². The van der Waals surface area contributed by atoms with Crippen molar-refractivity contribution in [3.05, 3.63) is 71.8 Å². The summed E-state index contributed by atoms with van der Waals surface area (Å²) in [7, 11) is 0. The summed E-state index contributed by atoms with van der Waals surface area (Å²) < 4.78 is 14.7. The van der Waals surface area contributed by atoms with Crippen molar-refractivity contribution in [1.82, 2.24) is 9.97 Å². The van der Waals surface area contributed by atoms with Crippen LogP contribution in [0.3, 0.4) is 0 Å². The van der Waals surface area contributed by atoms with E-state index in [1.54, 1.807) is 6.07 Å². The Hall–Kier alpha value is -2.55. The lowest BCUT2D eigenvalue weighted by atomic mass is 9.99. The number of unbranched alkanes of at least 4 members (excludes halogenated alkanes) is 10. The van der Waals surface area contributed by atoms with Crippen molar-refractivity contribution < 1.29 is 4.39 Å². The van der Waals surface area contributed by atoms with Crippen LogP contribution >= 0.6 is 0 Å². The molecule has 0 amide bonds. The predicted molar refractivity (Wildman–Crippen MR) is 147 cm³/mol. The zero-order valence-corrected chi connectivity index (χ0v) is 21.9. The number of hydrogen-bond acceptors (Lipinski definition) is 2. The number of nitrogens with zero attached hydrogens (tertiary/aromatic N) is 2. The maximum absolute atomic E-state index is 14.7. The molecule has 0 aliphatic heterocycles. The Bertz CT molecular complexity index is 979. The van der Waals surface area contributed by atoms with Crippen LogP contribution in [0.25, 0.3) is 22.5 Å². The number of hydrogen-bond donors (Lipinski definition) is 0. The molecule has 2 nitrogen and oxygen atoms in total. The summed E-state index contributed by atoms with van der Waals surface area (Å²) in [6.07, 6.45) is 21.4. The van der Waals surface area contributed by atoms with Gasteiger partial charge in [0.25, 0.3) is 0 Å². The first kappa shape index (κ1) is 27.0. The Morgan fingerprint density at radius 1 is 0.571 bits per heavy atom. The van der Waals surface area contributed by atoms with Gasteiger partial charge in [0.2, 0.25) is 0 Å². The van der Waals surface area contributed by atoms with Crippen LogP contribution in [0.5, 0.6) is 0 Å². The lowest BCUT2D eigenvalue weighted by molar-refractivity contribution is 0.564. The molecule has 2 aromatic carbocycles. The molecule has 0 N–H and O–H groups in total. The first-order valence-corrected chi connectivity index (χ1v) is 13.9. The Labute approximate surface area is 212 Å². The third-order valence-electron chi connectivity index (χ3n) is 6.83.